The highest BCUT2D eigenvalue weighted by Crippen LogP contribution is 2.21. The first kappa shape index (κ1) is 14.5. The lowest BCUT2D eigenvalue weighted by Crippen LogP contribution is -2.35. The molecule has 0 radical (unpaired) electrons. The molecule has 0 bridgehead atoms. The summed E-state index contributed by atoms with van der Waals surface area (Å²) in [6.45, 7) is 6.01. The van der Waals surface area contributed by atoms with Crippen LogP contribution >= 0.6 is 0 Å². The predicted octanol–water partition coefficient (Wildman–Crippen LogP) is 0.765. The molecule has 1 aromatic rings. The van der Waals surface area contributed by atoms with E-state index in [1.807, 2.05) is 6.92 Å². The van der Waals surface area contributed by atoms with Crippen molar-refractivity contribution in [3.8, 4) is 0 Å². The Balaban J connectivity index is 2.12. The first-order valence-electron chi connectivity index (χ1n) is 6.43. The number of sulfonamides is 1. The molecule has 1 unspecified atom stereocenters. The summed E-state index contributed by atoms with van der Waals surface area (Å²) in [5, 5.41) is 3.10. The van der Waals surface area contributed by atoms with Crippen LogP contribution in [0.4, 0.5) is 0 Å². The maximum absolute atomic E-state index is 12.2. The summed E-state index contributed by atoms with van der Waals surface area (Å²) >= 11 is 0. The minimum atomic E-state index is -3.53. The molecule has 0 amide bonds. The fourth-order valence-corrected chi connectivity index (χ4v) is 3.50. The van der Waals surface area contributed by atoms with Crippen LogP contribution in [0.3, 0.4) is 0 Å². The van der Waals surface area contributed by atoms with Gasteiger partial charge in [-0.15, -0.1) is 0 Å². The van der Waals surface area contributed by atoms with Crippen LogP contribution < -0.4 is 10.0 Å². The molecule has 1 aliphatic heterocycles. The fourth-order valence-electron chi connectivity index (χ4n) is 2.04. The molecule has 1 aliphatic rings. The van der Waals surface area contributed by atoms with Gasteiger partial charge >= 0.3 is 0 Å². The van der Waals surface area contributed by atoms with Gasteiger partial charge in [-0.05, 0) is 19.9 Å². The molecular formula is C12H20N2O4S. The number of nitrogens with one attached hydrogen (secondary N) is 2. The molecule has 6 nitrogen and oxygen atoms in total. The third-order valence-corrected chi connectivity index (χ3v) is 4.64. The first-order chi connectivity index (χ1) is 9.03. The van der Waals surface area contributed by atoms with E-state index >= 15 is 0 Å². The van der Waals surface area contributed by atoms with Gasteiger partial charge in [0.05, 0.1) is 13.2 Å². The second-order valence-electron chi connectivity index (χ2n) is 4.60. The Morgan fingerprint density at radius 2 is 2.26 bits per heavy atom. The summed E-state index contributed by atoms with van der Waals surface area (Å²) in [6, 6.07) is 1.44. The zero-order valence-corrected chi connectivity index (χ0v) is 12.0. The zero-order chi connectivity index (χ0) is 13.9. The Bertz CT molecular complexity index is 518. The van der Waals surface area contributed by atoms with Crippen molar-refractivity contribution in [3.63, 3.8) is 0 Å². The summed E-state index contributed by atoms with van der Waals surface area (Å²) in [5.41, 5.74) is 0. The Morgan fingerprint density at radius 1 is 1.47 bits per heavy atom. The molecule has 0 spiro atoms. The number of aryl methyl sites for hydroxylation is 1. The van der Waals surface area contributed by atoms with Crippen LogP contribution in [0.2, 0.25) is 0 Å². The highest BCUT2D eigenvalue weighted by Gasteiger charge is 2.26. The van der Waals surface area contributed by atoms with E-state index in [0.717, 1.165) is 6.54 Å². The summed E-state index contributed by atoms with van der Waals surface area (Å²) in [7, 11) is -3.53. The van der Waals surface area contributed by atoms with Crippen molar-refractivity contribution in [2.45, 2.75) is 37.8 Å². The van der Waals surface area contributed by atoms with Crippen molar-refractivity contribution in [2.24, 2.45) is 0 Å². The van der Waals surface area contributed by atoms with Crippen molar-refractivity contribution in [1.82, 2.24) is 10.0 Å². The van der Waals surface area contributed by atoms with Crippen LogP contribution in [0.5, 0.6) is 0 Å². The Labute approximate surface area is 113 Å². The van der Waals surface area contributed by atoms with Crippen LogP contribution in [-0.4, -0.2) is 34.2 Å². The maximum atomic E-state index is 12.2. The third-order valence-electron chi connectivity index (χ3n) is 3.01. The molecule has 2 heterocycles. The average Bonchev–Trinajstić information content (AvgIpc) is 2.95. The third kappa shape index (κ3) is 3.56. The summed E-state index contributed by atoms with van der Waals surface area (Å²) < 4.78 is 37.8. The van der Waals surface area contributed by atoms with Gasteiger partial charge < -0.3 is 14.5 Å². The van der Waals surface area contributed by atoms with Gasteiger partial charge in [0, 0.05) is 18.7 Å². The normalized spacial score (nSPS) is 20.0. The van der Waals surface area contributed by atoms with Crippen LogP contribution in [0, 0.1) is 6.92 Å². The number of rotatable bonds is 6. The van der Waals surface area contributed by atoms with E-state index in [2.05, 4.69) is 10.0 Å². The molecule has 0 aromatic carbocycles. The van der Waals surface area contributed by atoms with Gasteiger partial charge in [0.25, 0.3) is 0 Å². The van der Waals surface area contributed by atoms with Crippen LogP contribution in [-0.2, 0) is 21.3 Å². The first-order valence-corrected chi connectivity index (χ1v) is 7.91. The Kier molecular flexibility index (Phi) is 4.62. The molecule has 1 fully saturated rings. The second kappa shape index (κ2) is 6.04. The van der Waals surface area contributed by atoms with E-state index in [1.54, 1.807) is 13.0 Å². The quantitative estimate of drug-likeness (QED) is 0.808. The maximum Gasteiger partial charge on any atom is 0.244 e. The molecule has 2 N–H and O–H groups in total. The highest BCUT2D eigenvalue weighted by molar-refractivity contribution is 7.89. The second-order valence-corrected chi connectivity index (χ2v) is 6.28. The SMILES string of the molecule is CCNCc1cc(S(=O)(=O)NC2CCOC2)c(C)o1. The lowest BCUT2D eigenvalue weighted by Gasteiger charge is -2.10. The smallest absolute Gasteiger partial charge is 0.244 e. The van der Waals surface area contributed by atoms with E-state index in [4.69, 9.17) is 9.15 Å². The summed E-state index contributed by atoms with van der Waals surface area (Å²) in [5.74, 6) is 1.04. The van der Waals surface area contributed by atoms with E-state index in [0.29, 0.717) is 37.7 Å². The minimum absolute atomic E-state index is 0.142. The molecule has 7 heteroatoms. The largest absolute Gasteiger partial charge is 0.464 e. The lowest BCUT2D eigenvalue weighted by atomic mass is 10.3. The molecule has 1 saturated heterocycles. The summed E-state index contributed by atoms with van der Waals surface area (Å²) in [4.78, 5) is 0.215. The van der Waals surface area contributed by atoms with Crippen molar-refractivity contribution in [3.05, 3.63) is 17.6 Å². The Hall–Kier alpha value is -0.890. The van der Waals surface area contributed by atoms with Gasteiger partial charge in [-0.2, -0.15) is 0 Å². The van der Waals surface area contributed by atoms with Crippen LogP contribution in [0.1, 0.15) is 24.9 Å². The lowest BCUT2D eigenvalue weighted by molar-refractivity contribution is 0.192. The van der Waals surface area contributed by atoms with E-state index in [-0.39, 0.29) is 10.9 Å². The van der Waals surface area contributed by atoms with Gasteiger partial charge in [-0.3, -0.25) is 0 Å². The standard InChI is InChI=1S/C12H20N2O4S/c1-3-13-7-11-6-12(9(2)18-11)19(15,16)14-10-4-5-17-8-10/h6,10,13-14H,3-5,7-8H2,1-2H3. The molecule has 0 aliphatic carbocycles. The van der Waals surface area contributed by atoms with Crippen LogP contribution in [0.25, 0.3) is 0 Å². The predicted molar refractivity (Wildman–Crippen MR) is 70.4 cm³/mol. The van der Waals surface area contributed by atoms with E-state index in [9.17, 15) is 8.42 Å². The number of hydrogen-bond donors (Lipinski definition) is 2. The zero-order valence-electron chi connectivity index (χ0n) is 11.2. The molecule has 108 valence electrons. The molecule has 1 aromatic heterocycles. The van der Waals surface area contributed by atoms with Gasteiger partial charge in [0.2, 0.25) is 10.0 Å². The molecule has 19 heavy (non-hydrogen) atoms. The van der Waals surface area contributed by atoms with Crippen molar-refractivity contribution >= 4 is 10.0 Å². The minimum Gasteiger partial charge on any atom is -0.464 e. The topological polar surface area (TPSA) is 80.6 Å². The molecule has 1 atom stereocenters. The molecular weight excluding hydrogens is 268 g/mol. The average molecular weight is 288 g/mol. The number of hydrogen-bond acceptors (Lipinski definition) is 5. The number of furan rings is 1. The van der Waals surface area contributed by atoms with Gasteiger partial charge in [-0.1, -0.05) is 6.92 Å². The van der Waals surface area contributed by atoms with Gasteiger partial charge in [0.1, 0.15) is 16.4 Å². The van der Waals surface area contributed by atoms with Gasteiger partial charge in [0.15, 0.2) is 0 Å². The highest BCUT2D eigenvalue weighted by atomic mass is 32.2. The monoisotopic (exact) mass is 288 g/mol. The van der Waals surface area contributed by atoms with Gasteiger partial charge in [-0.25, -0.2) is 13.1 Å². The van der Waals surface area contributed by atoms with Crippen LogP contribution in [0.15, 0.2) is 15.4 Å². The fraction of sp³-hybridized carbons (Fsp3) is 0.667. The van der Waals surface area contributed by atoms with E-state index in [1.165, 1.54) is 0 Å². The van der Waals surface area contributed by atoms with Crippen molar-refractivity contribution in [2.75, 3.05) is 19.8 Å². The molecule has 2 rings (SSSR count). The molecule has 0 saturated carbocycles. The van der Waals surface area contributed by atoms with E-state index < -0.39 is 10.0 Å². The van der Waals surface area contributed by atoms with Crippen molar-refractivity contribution in [1.29, 1.82) is 0 Å². The van der Waals surface area contributed by atoms with Crippen molar-refractivity contribution < 1.29 is 17.6 Å². The summed E-state index contributed by atoms with van der Waals surface area (Å²) in [6.07, 6.45) is 0.709. The Morgan fingerprint density at radius 3 is 2.89 bits per heavy atom. The number of ether oxygens (including phenoxy) is 1.